The standard InChI is InChI=1S/C13H18BrClN2O/c1-8(2)13(3,7-16)17-12(18)10-6-9(14)4-5-11(10)15/h4-6,8H,7,16H2,1-3H3,(H,17,18). The molecule has 1 aromatic rings. The van der Waals surface area contributed by atoms with Gasteiger partial charge in [0.2, 0.25) is 0 Å². The second-order valence-corrected chi connectivity index (χ2v) is 6.18. The summed E-state index contributed by atoms with van der Waals surface area (Å²) >= 11 is 9.36. The molecule has 5 heteroatoms. The van der Waals surface area contributed by atoms with Gasteiger partial charge in [-0.15, -0.1) is 0 Å². The number of rotatable bonds is 4. The Bertz CT molecular complexity index is 451. The van der Waals surface area contributed by atoms with Crippen molar-refractivity contribution in [2.24, 2.45) is 11.7 Å². The monoisotopic (exact) mass is 332 g/mol. The van der Waals surface area contributed by atoms with Crippen LogP contribution in [0, 0.1) is 5.92 Å². The van der Waals surface area contributed by atoms with E-state index in [4.69, 9.17) is 17.3 Å². The minimum atomic E-state index is -0.442. The van der Waals surface area contributed by atoms with Crippen molar-refractivity contribution in [3.05, 3.63) is 33.3 Å². The second kappa shape index (κ2) is 6.04. The number of nitrogens with one attached hydrogen (secondary N) is 1. The van der Waals surface area contributed by atoms with E-state index in [1.165, 1.54) is 0 Å². The summed E-state index contributed by atoms with van der Waals surface area (Å²) < 4.78 is 0.816. The lowest BCUT2D eigenvalue weighted by molar-refractivity contribution is 0.0883. The summed E-state index contributed by atoms with van der Waals surface area (Å²) in [5.41, 5.74) is 5.75. The Morgan fingerprint density at radius 3 is 2.67 bits per heavy atom. The molecule has 1 atom stereocenters. The lowest BCUT2D eigenvalue weighted by atomic mass is 9.88. The van der Waals surface area contributed by atoms with Crippen LogP contribution in [0.5, 0.6) is 0 Å². The molecule has 3 N–H and O–H groups in total. The SMILES string of the molecule is CC(C)C(C)(CN)NC(=O)c1cc(Br)ccc1Cl. The minimum Gasteiger partial charge on any atom is -0.345 e. The number of carbonyl (C=O) groups is 1. The molecule has 3 nitrogen and oxygen atoms in total. The molecule has 1 unspecified atom stereocenters. The van der Waals surface area contributed by atoms with Crippen LogP contribution >= 0.6 is 27.5 Å². The van der Waals surface area contributed by atoms with E-state index in [-0.39, 0.29) is 11.8 Å². The molecule has 18 heavy (non-hydrogen) atoms. The van der Waals surface area contributed by atoms with Crippen molar-refractivity contribution >= 4 is 33.4 Å². The van der Waals surface area contributed by atoms with E-state index in [2.05, 4.69) is 21.2 Å². The van der Waals surface area contributed by atoms with Crippen molar-refractivity contribution in [2.45, 2.75) is 26.3 Å². The number of halogens is 2. The Morgan fingerprint density at radius 1 is 1.56 bits per heavy atom. The fourth-order valence-electron chi connectivity index (χ4n) is 1.43. The van der Waals surface area contributed by atoms with Gasteiger partial charge in [-0.1, -0.05) is 41.4 Å². The Balaban J connectivity index is 2.98. The van der Waals surface area contributed by atoms with Crippen molar-refractivity contribution in [1.29, 1.82) is 0 Å². The summed E-state index contributed by atoms with van der Waals surface area (Å²) in [5.74, 6) is 0.0281. The molecule has 0 bridgehead atoms. The maximum absolute atomic E-state index is 12.2. The smallest absolute Gasteiger partial charge is 0.253 e. The van der Waals surface area contributed by atoms with Crippen molar-refractivity contribution in [2.75, 3.05) is 6.54 Å². The zero-order valence-electron chi connectivity index (χ0n) is 10.8. The first kappa shape index (κ1) is 15.5. The van der Waals surface area contributed by atoms with Gasteiger partial charge in [0.25, 0.3) is 5.91 Å². The summed E-state index contributed by atoms with van der Waals surface area (Å²) in [6.45, 7) is 6.36. The van der Waals surface area contributed by atoms with Gasteiger partial charge in [0.1, 0.15) is 0 Å². The van der Waals surface area contributed by atoms with Crippen LogP contribution in [0.2, 0.25) is 5.02 Å². The van der Waals surface area contributed by atoms with Gasteiger partial charge >= 0.3 is 0 Å². The highest BCUT2D eigenvalue weighted by Crippen LogP contribution is 2.22. The number of hydrogen-bond acceptors (Lipinski definition) is 2. The summed E-state index contributed by atoms with van der Waals surface area (Å²) in [5, 5.41) is 3.39. The average Bonchev–Trinajstić information content (AvgIpc) is 2.31. The van der Waals surface area contributed by atoms with E-state index in [1.807, 2.05) is 20.8 Å². The van der Waals surface area contributed by atoms with Gasteiger partial charge in [-0.05, 0) is 31.0 Å². The first-order valence-corrected chi connectivity index (χ1v) is 6.95. The van der Waals surface area contributed by atoms with Crippen LogP contribution in [-0.4, -0.2) is 18.0 Å². The van der Waals surface area contributed by atoms with Gasteiger partial charge in [-0.25, -0.2) is 0 Å². The van der Waals surface area contributed by atoms with Crippen molar-refractivity contribution in [1.82, 2.24) is 5.32 Å². The molecule has 0 heterocycles. The van der Waals surface area contributed by atoms with Gasteiger partial charge in [0.05, 0.1) is 16.1 Å². The van der Waals surface area contributed by atoms with E-state index >= 15 is 0 Å². The van der Waals surface area contributed by atoms with Gasteiger partial charge in [0, 0.05) is 11.0 Å². The summed E-state index contributed by atoms with van der Waals surface area (Å²) in [6, 6.07) is 5.19. The molecule has 0 radical (unpaired) electrons. The Labute approximate surface area is 121 Å². The molecule has 1 amide bonds. The van der Waals surface area contributed by atoms with E-state index < -0.39 is 5.54 Å². The highest BCUT2D eigenvalue weighted by molar-refractivity contribution is 9.10. The van der Waals surface area contributed by atoms with Crippen molar-refractivity contribution in [3.8, 4) is 0 Å². The van der Waals surface area contributed by atoms with Crippen LogP contribution in [0.1, 0.15) is 31.1 Å². The molecule has 0 fully saturated rings. The van der Waals surface area contributed by atoms with E-state index in [9.17, 15) is 4.79 Å². The number of hydrogen-bond donors (Lipinski definition) is 2. The maximum atomic E-state index is 12.2. The second-order valence-electron chi connectivity index (χ2n) is 4.85. The maximum Gasteiger partial charge on any atom is 0.253 e. The lowest BCUT2D eigenvalue weighted by Gasteiger charge is -2.33. The third-order valence-corrected chi connectivity index (χ3v) is 4.09. The average molecular weight is 334 g/mol. The Morgan fingerprint density at radius 2 is 2.17 bits per heavy atom. The number of amides is 1. The quantitative estimate of drug-likeness (QED) is 0.889. The van der Waals surface area contributed by atoms with Gasteiger partial charge in [0.15, 0.2) is 0 Å². The predicted molar refractivity (Wildman–Crippen MR) is 78.9 cm³/mol. The largest absolute Gasteiger partial charge is 0.345 e. The topological polar surface area (TPSA) is 55.1 Å². The molecule has 1 aromatic carbocycles. The zero-order valence-corrected chi connectivity index (χ0v) is 13.1. The summed E-state index contributed by atoms with van der Waals surface area (Å²) in [7, 11) is 0. The molecule has 0 aliphatic heterocycles. The van der Waals surface area contributed by atoms with E-state index in [0.717, 1.165) is 4.47 Å². The van der Waals surface area contributed by atoms with Gasteiger partial charge in [-0.3, -0.25) is 4.79 Å². The number of benzene rings is 1. The lowest BCUT2D eigenvalue weighted by Crippen LogP contribution is -2.55. The number of nitrogens with two attached hydrogens (primary N) is 1. The zero-order chi connectivity index (χ0) is 13.9. The molecule has 0 spiro atoms. The van der Waals surface area contributed by atoms with Crippen LogP contribution < -0.4 is 11.1 Å². The summed E-state index contributed by atoms with van der Waals surface area (Å²) in [4.78, 5) is 12.2. The van der Waals surface area contributed by atoms with Gasteiger partial charge in [-0.2, -0.15) is 0 Å². The molecule has 0 aromatic heterocycles. The first-order chi connectivity index (χ1) is 8.30. The van der Waals surface area contributed by atoms with Crippen molar-refractivity contribution < 1.29 is 4.79 Å². The normalized spacial score (nSPS) is 14.4. The number of carbonyl (C=O) groups excluding carboxylic acids is 1. The van der Waals surface area contributed by atoms with Crippen LogP contribution in [0.4, 0.5) is 0 Å². The molecule has 100 valence electrons. The fraction of sp³-hybridized carbons (Fsp3) is 0.462. The van der Waals surface area contributed by atoms with Crippen LogP contribution in [0.25, 0.3) is 0 Å². The minimum absolute atomic E-state index is 0.206. The molecular formula is C13H18BrClN2O. The molecule has 0 saturated heterocycles. The third-order valence-electron chi connectivity index (χ3n) is 3.27. The Hall–Kier alpha value is -0.580. The van der Waals surface area contributed by atoms with Crippen LogP contribution in [0.15, 0.2) is 22.7 Å². The molecule has 0 aliphatic carbocycles. The summed E-state index contributed by atoms with van der Waals surface area (Å²) in [6.07, 6.45) is 0. The first-order valence-electron chi connectivity index (χ1n) is 5.78. The molecular weight excluding hydrogens is 316 g/mol. The van der Waals surface area contributed by atoms with Crippen molar-refractivity contribution in [3.63, 3.8) is 0 Å². The molecule has 1 rings (SSSR count). The highest BCUT2D eigenvalue weighted by atomic mass is 79.9. The van der Waals surface area contributed by atoms with Crippen LogP contribution in [-0.2, 0) is 0 Å². The van der Waals surface area contributed by atoms with E-state index in [0.29, 0.717) is 17.1 Å². The highest BCUT2D eigenvalue weighted by Gasteiger charge is 2.29. The predicted octanol–water partition coefficient (Wildman–Crippen LogP) is 3.21. The van der Waals surface area contributed by atoms with E-state index in [1.54, 1.807) is 18.2 Å². The van der Waals surface area contributed by atoms with Crippen LogP contribution in [0.3, 0.4) is 0 Å². The van der Waals surface area contributed by atoms with Gasteiger partial charge < -0.3 is 11.1 Å². The fourth-order valence-corrected chi connectivity index (χ4v) is 1.99. The third kappa shape index (κ3) is 3.46. The molecule has 0 aliphatic rings. The Kier molecular flexibility index (Phi) is 5.20. The molecule has 0 saturated carbocycles.